The SMILES string of the molecule is O=C(Cn1nnc2ccccc21)N/N=C\c1cccc(F)c1. The number of amides is 1. The fraction of sp³-hybridized carbons (Fsp3) is 0.0667. The van der Waals surface area contributed by atoms with Crippen molar-refractivity contribution in [1.82, 2.24) is 20.4 Å². The van der Waals surface area contributed by atoms with Gasteiger partial charge >= 0.3 is 0 Å². The molecule has 2 aromatic carbocycles. The van der Waals surface area contributed by atoms with E-state index in [0.717, 1.165) is 11.0 Å². The molecule has 110 valence electrons. The third kappa shape index (κ3) is 3.14. The van der Waals surface area contributed by atoms with Crippen molar-refractivity contribution in [3.63, 3.8) is 0 Å². The molecule has 1 N–H and O–H groups in total. The molecule has 0 spiro atoms. The molecule has 0 aliphatic heterocycles. The number of carbonyl (C=O) groups is 1. The topological polar surface area (TPSA) is 72.2 Å². The molecule has 3 rings (SSSR count). The number of halogens is 1. The number of hydrogen-bond acceptors (Lipinski definition) is 4. The highest BCUT2D eigenvalue weighted by Crippen LogP contribution is 2.09. The molecular weight excluding hydrogens is 285 g/mol. The van der Waals surface area contributed by atoms with E-state index in [2.05, 4.69) is 20.8 Å². The van der Waals surface area contributed by atoms with Gasteiger partial charge in [-0.05, 0) is 29.8 Å². The van der Waals surface area contributed by atoms with E-state index in [-0.39, 0.29) is 18.3 Å². The van der Waals surface area contributed by atoms with Crippen LogP contribution in [0.4, 0.5) is 4.39 Å². The predicted octanol–water partition coefficient (Wildman–Crippen LogP) is 1.72. The Morgan fingerprint density at radius 2 is 2.14 bits per heavy atom. The summed E-state index contributed by atoms with van der Waals surface area (Å²) < 4.78 is 14.5. The maximum atomic E-state index is 13.0. The third-order valence-electron chi connectivity index (χ3n) is 2.97. The van der Waals surface area contributed by atoms with Crippen LogP contribution in [0.25, 0.3) is 11.0 Å². The zero-order valence-corrected chi connectivity index (χ0v) is 11.5. The van der Waals surface area contributed by atoms with Crippen molar-refractivity contribution in [2.24, 2.45) is 5.10 Å². The number of aromatic nitrogens is 3. The summed E-state index contributed by atoms with van der Waals surface area (Å²) >= 11 is 0. The molecule has 0 aliphatic carbocycles. The Hall–Kier alpha value is -3.09. The Bertz CT molecular complexity index is 843. The Kier molecular flexibility index (Phi) is 3.86. The molecule has 1 amide bonds. The number of hydrazone groups is 1. The lowest BCUT2D eigenvalue weighted by atomic mass is 10.2. The summed E-state index contributed by atoms with van der Waals surface area (Å²) in [6, 6.07) is 13.3. The Labute approximate surface area is 125 Å². The van der Waals surface area contributed by atoms with Gasteiger partial charge in [-0.2, -0.15) is 5.10 Å². The maximum absolute atomic E-state index is 13.0. The zero-order chi connectivity index (χ0) is 15.4. The number of nitrogens with one attached hydrogen (secondary N) is 1. The smallest absolute Gasteiger partial charge is 0.261 e. The second-order valence-electron chi connectivity index (χ2n) is 4.58. The van der Waals surface area contributed by atoms with Gasteiger partial charge in [-0.15, -0.1) is 5.10 Å². The molecule has 0 radical (unpaired) electrons. The van der Waals surface area contributed by atoms with Crippen molar-refractivity contribution in [3.8, 4) is 0 Å². The van der Waals surface area contributed by atoms with Crippen molar-refractivity contribution in [2.75, 3.05) is 0 Å². The van der Waals surface area contributed by atoms with Crippen molar-refractivity contribution in [2.45, 2.75) is 6.54 Å². The Balaban J connectivity index is 1.63. The third-order valence-corrected chi connectivity index (χ3v) is 2.97. The number of hydrogen-bond donors (Lipinski definition) is 1. The highest BCUT2D eigenvalue weighted by Gasteiger charge is 2.07. The minimum Gasteiger partial charge on any atom is -0.271 e. The number of rotatable bonds is 4. The van der Waals surface area contributed by atoms with Crippen molar-refractivity contribution in [3.05, 3.63) is 59.9 Å². The molecule has 0 atom stereocenters. The van der Waals surface area contributed by atoms with Crippen LogP contribution < -0.4 is 5.43 Å². The molecule has 1 aromatic heterocycles. The zero-order valence-electron chi connectivity index (χ0n) is 11.5. The van der Waals surface area contributed by atoms with Crippen LogP contribution in [0.5, 0.6) is 0 Å². The van der Waals surface area contributed by atoms with Crippen LogP contribution in [-0.2, 0) is 11.3 Å². The van der Waals surface area contributed by atoms with Crippen LogP contribution >= 0.6 is 0 Å². The fourth-order valence-corrected chi connectivity index (χ4v) is 1.97. The lowest BCUT2D eigenvalue weighted by Gasteiger charge is -2.01. The van der Waals surface area contributed by atoms with Gasteiger partial charge in [0, 0.05) is 0 Å². The Morgan fingerprint density at radius 3 is 3.00 bits per heavy atom. The van der Waals surface area contributed by atoms with E-state index in [9.17, 15) is 9.18 Å². The van der Waals surface area contributed by atoms with Gasteiger partial charge < -0.3 is 0 Å². The average molecular weight is 297 g/mol. The van der Waals surface area contributed by atoms with E-state index in [1.807, 2.05) is 24.3 Å². The number of para-hydroxylation sites is 1. The van der Waals surface area contributed by atoms with Gasteiger partial charge in [0.15, 0.2) is 0 Å². The van der Waals surface area contributed by atoms with Gasteiger partial charge in [-0.1, -0.05) is 29.5 Å². The number of nitrogens with zero attached hydrogens (tertiary/aromatic N) is 4. The van der Waals surface area contributed by atoms with Crippen molar-refractivity contribution < 1.29 is 9.18 Å². The van der Waals surface area contributed by atoms with Crippen molar-refractivity contribution in [1.29, 1.82) is 0 Å². The van der Waals surface area contributed by atoms with Crippen LogP contribution in [-0.4, -0.2) is 27.1 Å². The average Bonchev–Trinajstić information content (AvgIpc) is 2.91. The molecule has 3 aromatic rings. The number of fused-ring (bicyclic) bond motifs is 1. The first kappa shape index (κ1) is 13.9. The lowest BCUT2D eigenvalue weighted by molar-refractivity contribution is -0.121. The molecule has 0 bridgehead atoms. The first-order valence-electron chi connectivity index (χ1n) is 6.58. The summed E-state index contributed by atoms with van der Waals surface area (Å²) in [4.78, 5) is 11.8. The van der Waals surface area contributed by atoms with E-state index in [4.69, 9.17) is 0 Å². The van der Waals surface area contributed by atoms with E-state index < -0.39 is 0 Å². The van der Waals surface area contributed by atoms with Crippen LogP contribution in [0, 0.1) is 5.82 Å². The summed E-state index contributed by atoms with van der Waals surface area (Å²) in [6.45, 7) is 0.000996. The normalized spacial score (nSPS) is 11.1. The van der Waals surface area contributed by atoms with Crippen LogP contribution in [0.15, 0.2) is 53.6 Å². The quantitative estimate of drug-likeness (QED) is 0.588. The van der Waals surface area contributed by atoms with Gasteiger partial charge in [0.05, 0.1) is 11.7 Å². The molecular formula is C15H12FN5O. The summed E-state index contributed by atoms with van der Waals surface area (Å²) in [5.41, 5.74) is 4.43. The standard InChI is InChI=1S/C15H12FN5O/c16-12-5-3-4-11(8-12)9-17-19-15(22)10-21-14-7-2-1-6-13(14)18-20-21/h1-9H,10H2,(H,19,22)/b17-9-. The molecule has 0 saturated heterocycles. The monoisotopic (exact) mass is 297 g/mol. The first-order valence-corrected chi connectivity index (χ1v) is 6.58. The first-order chi connectivity index (χ1) is 10.7. The second kappa shape index (κ2) is 6.13. The highest BCUT2D eigenvalue weighted by atomic mass is 19.1. The maximum Gasteiger partial charge on any atom is 0.261 e. The van der Waals surface area contributed by atoms with Gasteiger partial charge in [0.25, 0.3) is 5.91 Å². The molecule has 6 nitrogen and oxygen atoms in total. The van der Waals surface area contributed by atoms with Crippen molar-refractivity contribution >= 4 is 23.2 Å². The molecule has 0 unspecified atom stereocenters. The second-order valence-corrected chi connectivity index (χ2v) is 4.58. The molecule has 22 heavy (non-hydrogen) atoms. The van der Waals surface area contributed by atoms with Crippen LogP contribution in [0.3, 0.4) is 0 Å². The molecule has 1 heterocycles. The van der Waals surface area contributed by atoms with E-state index >= 15 is 0 Å². The van der Waals surface area contributed by atoms with E-state index in [0.29, 0.717) is 5.56 Å². The predicted molar refractivity (Wildman–Crippen MR) is 79.7 cm³/mol. The van der Waals surface area contributed by atoms with Gasteiger partial charge in [0.1, 0.15) is 17.9 Å². The minimum absolute atomic E-state index is 0.000996. The van der Waals surface area contributed by atoms with Gasteiger partial charge in [-0.3, -0.25) is 4.79 Å². The molecule has 7 heteroatoms. The van der Waals surface area contributed by atoms with E-state index in [1.54, 1.807) is 12.1 Å². The fourth-order valence-electron chi connectivity index (χ4n) is 1.97. The lowest BCUT2D eigenvalue weighted by Crippen LogP contribution is -2.23. The number of benzene rings is 2. The largest absolute Gasteiger partial charge is 0.271 e. The van der Waals surface area contributed by atoms with Crippen LogP contribution in [0.2, 0.25) is 0 Å². The van der Waals surface area contributed by atoms with Gasteiger partial charge in [-0.25, -0.2) is 14.5 Å². The summed E-state index contributed by atoms with van der Waals surface area (Å²) in [6.07, 6.45) is 1.38. The molecule has 0 aliphatic rings. The summed E-state index contributed by atoms with van der Waals surface area (Å²) in [7, 11) is 0. The summed E-state index contributed by atoms with van der Waals surface area (Å²) in [5.74, 6) is -0.701. The molecule has 0 fully saturated rings. The molecule has 0 saturated carbocycles. The Morgan fingerprint density at radius 1 is 1.27 bits per heavy atom. The number of carbonyl (C=O) groups excluding carboxylic acids is 1. The highest BCUT2D eigenvalue weighted by molar-refractivity contribution is 5.83. The summed E-state index contributed by atoms with van der Waals surface area (Å²) in [5, 5.41) is 11.7. The van der Waals surface area contributed by atoms with E-state index in [1.165, 1.54) is 23.0 Å². The van der Waals surface area contributed by atoms with Gasteiger partial charge in [0.2, 0.25) is 0 Å². The minimum atomic E-state index is -0.357. The van der Waals surface area contributed by atoms with Crippen LogP contribution in [0.1, 0.15) is 5.56 Å².